The van der Waals surface area contributed by atoms with Gasteiger partial charge in [-0.2, -0.15) is 0 Å². The summed E-state index contributed by atoms with van der Waals surface area (Å²) in [7, 11) is 1.63. The average molecular weight is 399 g/mol. The topological polar surface area (TPSA) is 54.5 Å². The highest BCUT2D eigenvalue weighted by molar-refractivity contribution is 7.22. The van der Waals surface area contributed by atoms with Crippen LogP contribution in [-0.2, 0) is 11.3 Å². The SMILES string of the molecule is COc1ccc(CNC(=O)C2CCCN(c3nc4c(F)cccc4s3)C2)cc1. The summed E-state index contributed by atoms with van der Waals surface area (Å²) in [5, 5.41) is 3.82. The molecule has 7 heteroatoms. The third-order valence-electron chi connectivity index (χ3n) is 5.05. The quantitative estimate of drug-likeness (QED) is 0.705. The molecule has 0 aliphatic carbocycles. The zero-order valence-corrected chi connectivity index (χ0v) is 16.5. The Labute approximate surface area is 167 Å². The Morgan fingerprint density at radius 2 is 2.14 bits per heavy atom. The van der Waals surface area contributed by atoms with Gasteiger partial charge in [-0.3, -0.25) is 4.79 Å². The Bertz CT molecular complexity index is 973. The number of ether oxygens (including phenoxy) is 1. The number of piperidine rings is 1. The van der Waals surface area contributed by atoms with E-state index in [9.17, 15) is 9.18 Å². The molecule has 1 unspecified atom stereocenters. The zero-order chi connectivity index (χ0) is 19.5. The number of hydrogen-bond acceptors (Lipinski definition) is 5. The van der Waals surface area contributed by atoms with E-state index in [0.717, 1.165) is 40.5 Å². The molecule has 0 bridgehead atoms. The molecule has 0 radical (unpaired) electrons. The Hall–Kier alpha value is -2.67. The fourth-order valence-corrected chi connectivity index (χ4v) is 4.50. The molecule has 0 spiro atoms. The van der Waals surface area contributed by atoms with Gasteiger partial charge in [0.15, 0.2) is 5.13 Å². The third kappa shape index (κ3) is 3.94. The van der Waals surface area contributed by atoms with Crippen molar-refractivity contribution in [3.8, 4) is 5.75 Å². The van der Waals surface area contributed by atoms with Crippen LogP contribution in [0.5, 0.6) is 5.75 Å². The maximum atomic E-state index is 13.9. The molecular formula is C21H22FN3O2S. The van der Waals surface area contributed by atoms with Crippen molar-refractivity contribution in [1.29, 1.82) is 0 Å². The monoisotopic (exact) mass is 399 g/mol. The fraction of sp³-hybridized carbons (Fsp3) is 0.333. The van der Waals surface area contributed by atoms with E-state index in [0.29, 0.717) is 18.6 Å². The van der Waals surface area contributed by atoms with Crippen LogP contribution in [0.3, 0.4) is 0 Å². The predicted octanol–water partition coefficient (Wildman–Crippen LogP) is 3.98. The number of methoxy groups -OCH3 is 1. The van der Waals surface area contributed by atoms with Crippen LogP contribution < -0.4 is 15.0 Å². The number of fused-ring (bicyclic) bond motifs is 1. The average Bonchev–Trinajstić information content (AvgIpc) is 3.18. The minimum absolute atomic E-state index is 0.0489. The standard InChI is InChI=1S/C21H22FN3O2S/c1-27-16-9-7-14(8-10-16)12-23-20(26)15-4-3-11-25(13-15)21-24-19-17(22)5-2-6-18(19)28-21/h2,5-10,15H,3-4,11-13H2,1H3,(H,23,26). The number of halogens is 1. The van der Waals surface area contributed by atoms with Gasteiger partial charge in [0, 0.05) is 19.6 Å². The van der Waals surface area contributed by atoms with E-state index in [2.05, 4.69) is 15.2 Å². The lowest BCUT2D eigenvalue weighted by atomic mass is 9.97. The van der Waals surface area contributed by atoms with Gasteiger partial charge in [0.1, 0.15) is 17.1 Å². The fourth-order valence-electron chi connectivity index (χ4n) is 3.48. The number of thiazole rings is 1. The molecule has 1 amide bonds. The van der Waals surface area contributed by atoms with Crippen LogP contribution in [0.4, 0.5) is 9.52 Å². The van der Waals surface area contributed by atoms with E-state index in [1.165, 1.54) is 17.4 Å². The maximum absolute atomic E-state index is 13.9. The predicted molar refractivity (Wildman–Crippen MR) is 109 cm³/mol. The van der Waals surface area contributed by atoms with Crippen LogP contribution in [0.15, 0.2) is 42.5 Å². The molecule has 1 saturated heterocycles. The molecule has 1 aromatic heterocycles. The summed E-state index contributed by atoms with van der Waals surface area (Å²) < 4.78 is 19.9. The van der Waals surface area contributed by atoms with Gasteiger partial charge in [0.05, 0.1) is 17.7 Å². The van der Waals surface area contributed by atoms with Gasteiger partial charge in [-0.1, -0.05) is 29.5 Å². The Morgan fingerprint density at radius 3 is 2.89 bits per heavy atom. The molecule has 3 aromatic rings. The number of anilines is 1. The van der Waals surface area contributed by atoms with Crippen LogP contribution in [0.1, 0.15) is 18.4 Å². The van der Waals surface area contributed by atoms with Gasteiger partial charge < -0.3 is 15.0 Å². The number of amides is 1. The molecule has 1 aliphatic heterocycles. The first-order valence-corrected chi connectivity index (χ1v) is 10.2. The van der Waals surface area contributed by atoms with Crippen LogP contribution in [0.25, 0.3) is 10.2 Å². The van der Waals surface area contributed by atoms with E-state index in [4.69, 9.17) is 4.74 Å². The van der Waals surface area contributed by atoms with Gasteiger partial charge >= 0.3 is 0 Å². The van der Waals surface area contributed by atoms with Crippen molar-refractivity contribution >= 4 is 32.6 Å². The molecule has 28 heavy (non-hydrogen) atoms. The minimum atomic E-state index is -0.300. The maximum Gasteiger partial charge on any atom is 0.225 e. The van der Waals surface area contributed by atoms with Crippen molar-refractivity contribution in [3.05, 3.63) is 53.8 Å². The van der Waals surface area contributed by atoms with E-state index < -0.39 is 0 Å². The summed E-state index contributed by atoms with van der Waals surface area (Å²) in [6, 6.07) is 12.7. The largest absolute Gasteiger partial charge is 0.497 e. The first kappa shape index (κ1) is 18.7. The smallest absolute Gasteiger partial charge is 0.225 e. The molecule has 2 aromatic carbocycles. The number of para-hydroxylation sites is 1. The molecule has 0 saturated carbocycles. The third-order valence-corrected chi connectivity index (χ3v) is 6.13. The number of hydrogen-bond donors (Lipinski definition) is 1. The molecular weight excluding hydrogens is 377 g/mol. The van der Waals surface area contributed by atoms with Crippen LogP contribution in [0, 0.1) is 11.7 Å². The van der Waals surface area contributed by atoms with Crippen LogP contribution >= 0.6 is 11.3 Å². The highest BCUT2D eigenvalue weighted by Crippen LogP contribution is 2.32. The Balaban J connectivity index is 1.39. The van der Waals surface area contributed by atoms with Crippen LogP contribution in [-0.4, -0.2) is 31.1 Å². The van der Waals surface area contributed by atoms with Crippen molar-refractivity contribution < 1.29 is 13.9 Å². The van der Waals surface area contributed by atoms with Crippen molar-refractivity contribution in [2.75, 3.05) is 25.1 Å². The Kier molecular flexibility index (Phi) is 5.43. The molecule has 5 nitrogen and oxygen atoms in total. The normalized spacial score (nSPS) is 16.9. The van der Waals surface area contributed by atoms with Gasteiger partial charge in [-0.25, -0.2) is 9.37 Å². The highest BCUT2D eigenvalue weighted by atomic mass is 32.1. The van der Waals surface area contributed by atoms with Crippen molar-refractivity contribution in [2.24, 2.45) is 5.92 Å². The van der Waals surface area contributed by atoms with E-state index in [1.807, 2.05) is 30.3 Å². The Morgan fingerprint density at radius 1 is 1.32 bits per heavy atom. The number of rotatable bonds is 5. The molecule has 1 fully saturated rings. The van der Waals surface area contributed by atoms with Gasteiger partial charge in [-0.15, -0.1) is 0 Å². The second kappa shape index (κ2) is 8.14. The molecule has 1 aliphatic rings. The lowest BCUT2D eigenvalue weighted by Crippen LogP contribution is -2.42. The van der Waals surface area contributed by atoms with Gasteiger partial charge in [0.2, 0.25) is 5.91 Å². The summed E-state index contributed by atoms with van der Waals surface area (Å²) in [6.07, 6.45) is 1.77. The number of nitrogens with zero attached hydrogens (tertiary/aromatic N) is 2. The molecule has 4 rings (SSSR count). The molecule has 146 valence electrons. The summed E-state index contributed by atoms with van der Waals surface area (Å²) in [6.45, 7) is 1.94. The van der Waals surface area contributed by atoms with E-state index in [1.54, 1.807) is 13.2 Å². The molecule has 1 N–H and O–H groups in total. The highest BCUT2D eigenvalue weighted by Gasteiger charge is 2.27. The summed E-state index contributed by atoms with van der Waals surface area (Å²) in [5.74, 6) is 0.452. The molecule has 2 heterocycles. The van der Waals surface area contributed by atoms with Crippen LogP contribution in [0.2, 0.25) is 0 Å². The lowest BCUT2D eigenvalue weighted by molar-refractivity contribution is -0.125. The van der Waals surface area contributed by atoms with Gasteiger partial charge in [-0.05, 0) is 42.7 Å². The summed E-state index contributed by atoms with van der Waals surface area (Å²) in [4.78, 5) is 19.2. The number of carbonyl (C=O) groups is 1. The number of carbonyl (C=O) groups excluding carboxylic acids is 1. The minimum Gasteiger partial charge on any atom is -0.497 e. The molecule has 1 atom stereocenters. The number of benzene rings is 2. The zero-order valence-electron chi connectivity index (χ0n) is 15.7. The second-order valence-electron chi connectivity index (χ2n) is 6.93. The van der Waals surface area contributed by atoms with E-state index in [-0.39, 0.29) is 17.6 Å². The van der Waals surface area contributed by atoms with Crippen molar-refractivity contribution in [3.63, 3.8) is 0 Å². The number of aromatic nitrogens is 1. The lowest BCUT2D eigenvalue weighted by Gasteiger charge is -2.31. The van der Waals surface area contributed by atoms with E-state index >= 15 is 0 Å². The second-order valence-corrected chi connectivity index (χ2v) is 7.94. The first-order chi connectivity index (χ1) is 13.6. The van der Waals surface area contributed by atoms with Crippen molar-refractivity contribution in [2.45, 2.75) is 19.4 Å². The number of nitrogens with one attached hydrogen (secondary N) is 1. The van der Waals surface area contributed by atoms with Gasteiger partial charge in [0.25, 0.3) is 0 Å². The summed E-state index contributed by atoms with van der Waals surface area (Å²) >= 11 is 1.48. The first-order valence-electron chi connectivity index (χ1n) is 9.34. The summed E-state index contributed by atoms with van der Waals surface area (Å²) in [5.41, 5.74) is 1.44. The van der Waals surface area contributed by atoms with Crippen molar-refractivity contribution in [1.82, 2.24) is 10.3 Å².